The second-order valence-corrected chi connectivity index (χ2v) is 9.28. The second-order valence-electron chi connectivity index (χ2n) is 7.02. The van der Waals surface area contributed by atoms with Crippen molar-refractivity contribution >= 4 is 39.8 Å². The molecule has 0 spiro atoms. The zero-order valence-corrected chi connectivity index (χ0v) is 20.8. The van der Waals surface area contributed by atoms with Gasteiger partial charge in [0.2, 0.25) is 0 Å². The van der Waals surface area contributed by atoms with Gasteiger partial charge in [-0.1, -0.05) is 6.07 Å². The molecule has 0 aromatic carbocycles. The lowest BCUT2D eigenvalue weighted by Crippen LogP contribution is -2.42. The molecule has 0 fully saturated rings. The topological polar surface area (TPSA) is 101 Å². The predicted octanol–water partition coefficient (Wildman–Crippen LogP) is 2.38. The van der Waals surface area contributed by atoms with Crippen LogP contribution >= 0.6 is 24.0 Å². The molecule has 29 heavy (non-hydrogen) atoms. The second kappa shape index (κ2) is 11.5. The summed E-state index contributed by atoms with van der Waals surface area (Å²) in [6.07, 6.45) is 3.58. The molecule has 10 heteroatoms. The Balaban J connectivity index is 0.00000420. The molecule has 1 atom stereocenters. The fraction of sp³-hybridized carbons (Fsp3) is 0.526. The summed E-state index contributed by atoms with van der Waals surface area (Å²) in [5.41, 5.74) is 2.98. The molecule has 0 radical (unpaired) electrons. The molecular formula is C19H31IN6O2S. The van der Waals surface area contributed by atoms with Gasteiger partial charge in [-0.25, -0.2) is 23.1 Å². The molecular weight excluding hydrogens is 503 g/mol. The number of pyridine rings is 1. The Kier molecular flexibility index (Phi) is 10.0. The minimum Gasteiger partial charge on any atom is -0.357 e. The number of aromatic nitrogens is 3. The highest BCUT2D eigenvalue weighted by Crippen LogP contribution is 2.10. The normalized spacial score (nSPS) is 12.9. The van der Waals surface area contributed by atoms with E-state index >= 15 is 0 Å². The maximum absolute atomic E-state index is 11.3. The fourth-order valence-electron chi connectivity index (χ4n) is 2.68. The van der Waals surface area contributed by atoms with E-state index in [1.54, 1.807) is 6.20 Å². The first kappa shape index (κ1) is 25.3. The van der Waals surface area contributed by atoms with Gasteiger partial charge in [-0.15, -0.1) is 24.0 Å². The van der Waals surface area contributed by atoms with Crippen molar-refractivity contribution in [2.24, 2.45) is 4.99 Å². The fourth-order valence-corrected chi connectivity index (χ4v) is 3.46. The van der Waals surface area contributed by atoms with Crippen molar-refractivity contribution < 1.29 is 8.42 Å². The Bertz CT molecular complexity index is 909. The minimum atomic E-state index is -2.97. The summed E-state index contributed by atoms with van der Waals surface area (Å²) in [4.78, 5) is 9.06. The van der Waals surface area contributed by atoms with Crippen molar-refractivity contribution in [1.29, 1.82) is 0 Å². The monoisotopic (exact) mass is 534 g/mol. The van der Waals surface area contributed by atoms with Gasteiger partial charge in [-0.2, -0.15) is 5.10 Å². The van der Waals surface area contributed by atoms with E-state index in [-0.39, 0.29) is 35.8 Å². The van der Waals surface area contributed by atoms with Crippen LogP contribution in [0.15, 0.2) is 29.4 Å². The van der Waals surface area contributed by atoms with Crippen LogP contribution in [0.3, 0.4) is 0 Å². The standard InChI is InChI=1S/C19H30N6O2S.HI/c1-6-20-19(23-14(2)9-10-28(5,26)27)22-13-17-7-8-18(21-12-17)25-16(4)11-15(3)24-25;/h7-8,11-12,14H,6,9-10,13H2,1-5H3,(H2,20,22,23);1H. The number of guanidine groups is 1. The van der Waals surface area contributed by atoms with Gasteiger partial charge in [-0.3, -0.25) is 0 Å². The zero-order chi connectivity index (χ0) is 20.7. The summed E-state index contributed by atoms with van der Waals surface area (Å²) < 4.78 is 24.5. The maximum Gasteiger partial charge on any atom is 0.191 e. The highest BCUT2D eigenvalue weighted by Gasteiger charge is 2.10. The number of nitrogens with zero attached hydrogens (tertiary/aromatic N) is 4. The Morgan fingerprint density at radius 2 is 2.03 bits per heavy atom. The van der Waals surface area contributed by atoms with E-state index in [2.05, 4.69) is 25.7 Å². The number of halogens is 1. The molecule has 0 bridgehead atoms. The summed E-state index contributed by atoms with van der Waals surface area (Å²) in [5.74, 6) is 1.59. The number of nitrogens with one attached hydrogen (secondary N) is 2. The van der Waals surface area contributed by atoms with Crippen molar-refractivity contribution in [2.75, 3.05) is 18.6 Å². The van der Waals surface area contributed by atoms with E-state index in [0.29, 0.717) is 18.9 Å². The van der Waals surface area contributed by atoms with E-state index < -0.39 is 9.84 Å². The van der Waals surface area contributed by atoms with Crippen LogP contribution in [0, 0.1) is 13.8 Å². The van der Waals surface area contributed by atoms with E-state index in [4.69, 9.17) is 0 Å². The molecule has 2 aromatic rings. The summed E-state index contributed by atoms with van der Waals surface area (Å²) in [6.45, 7) is 9.09. The SMILES string of the molecule is CCNC(=NCc1ccc(-n2nc(C)cc2C)nc1)NC(C)CCS(C)(=O)=O.I. The number of hydrogen-bond acceptors (Lipinski definition) is 5. The van der Waals surface area contributed by atoms with Gasteiger partial charge in [-0.05, 0) is 51.8 Å². The molecule has 2 heterocycles. The van der Waals surface area contributed by atoms with E-state index in [1.165, 1.54) is 6.26 Å². The Hall–Kier alpha value is -1.69. The first-order chi connectivity index (χ1) is 13.2. The van der Waals surface area contributed by atoms with Crippen LogP contribution in [-0.4, -0.2) is 53.7 Å². The largest absolute Gasteiger partial charge is 0.357 e. The summed E-state index contributed by atoms with van der Waals surface area (Å²) in [6, 6.07) is 5.93. The van der Waals surface area contributed by atoms with Crippen LogP contribution in [-0.2, 0) is 16.4 Å². The van der Waals surface area contributed by atoms with Crippen molar-refractivity contribution in [3.8, 4) is 5.82 Å². The first-order valence-corrected chi connectivity index (χ1v) is 11.4. The van der Waals surface area contributed by atoms with Gasteiger partial charge >= 0.3 is 0 Å². The molecule has 0 aliphatic heterocycles. The smallest absolute Gasteiger partial charge is 0.191 e. The molecule has 8 nitrogen and oxygen atoms in total. The van der Waals surface area contributed by atoms with Gasteiger partial charge < -0.3 is 10.6 Å². The number of aliphatic imine (C=N–C) groups is 1. The van der Waals surface area contributed by atoms with Crippen molar-refractivity contribution in [2.45, 2.75) is 46.7 Å². The molecule has 2 rings (SSSR count). The van der Waals surface area contributed by atoms with Crippen LogP contribution in [0.1, 0.15) is 37.2 Å². The quantitative estimate of drug-likeness (QED) is 0.307. The number of sulfone groups is 1. The lowest BCUT2D eigenvalue weighted by molar-refractivity contribution is 0.581. The third-order valence-corrected chi connectivity index (χ3v) is 5.08. The number of rotatable bonds is 8. The lowest BCUT2D eigenvalue weighted by atomic mass is 10.2. The summed E-state index contributed by atoms with van der Waals surface area (Å²) in [5, 5.41) is 10.9. The number of aryl methyl sites for hydroxylation is 2. The van der Waals surface area contributed by atoms with Crippen LogP contribution in [0.4, 0.5) is 0 Å². The highest BCUT2D eigenvalue weighted by molar-refractivity contribution is 14.0. The van der Waals surface area contributed by atoms with Gasteiger partial charge in [0.25, 0.3) is 0 Å². The molecule has 0 saturated heterocycles. The molecule has 0 aliphatic carbocycles. The lowest BCUT2D eigenvalue weighted by Gasteiger charge is -2.17. The first-order valence-electron chi connectivity index (χ1n) is 9.39. The molecule has 1 unspecified atom stereocenters. The van der Waals surface area contributed by atoms with Crippen molar-refractivity contribution in [3.05, 3.63) is 41.3 Å². The summed E-state index contributed by atoms with van der Waals surface area (Å²) in [7, 11) is -2.97. The average molecular weight is 534 g/mol. The van der Waals surface area contributed by atoms with Crippen LogP contribution < -0.4 is 10.6 Å². The predicted molar refractivity (Wildman–Crippen MR) is 128 cm³/mol. The molecule has 2 aromatic heterocycles. The van der Waals surface area contributed by atoms with E-state index in [0.717, 1.165) is 29.3 Å². The average Bonchev–Trinajstić information content (AvgIpc) is 2.96. The highest BCUT2D eigenvalue weighted by atomic mass is 127. The van der Waals surface area contributed by atoms with Crippen molar-refractivity contribution in [3.63, 3.8) is 0 Å². The third-order valence-electron chi connectivity index (χ3n) is 4.10. The zero-order valence-electron chi connectivity index (χ0n) is 17.6. The Morgan fingerprint density at radius 3 is 2.55 bits per heavy atom. The maximum atomic E-state index is 11.3. The molecule has 162 valence electrons. The molecule has 0 amide bonds. The molecule has 0 saturated carbocycles. The molecule has 2 N–H and O–H groups in total. The number of hydrogen-bond donors (Lipinski definition) is 2. The summed E-state index contributed by atoms with van der Waals surface area (Å²) >= 11 is 0. The van der Waals surface area contributed by atoms with Crippen LogP contribution in [0.25, 0.3) is 5.82 Å². The molecule has 0 aliphatic rings. The Morgan fingerprint density at radius 1 is 1.31 bits per heavy atom. The van der Waals surface area contributed by atoms with Gasteiger partial charge in [0.15, 0.2) is 11.8 Å². The van der Waals surface area contributed by atoms with E-state index in [9.17, 15) is 8.42 Å². The van der Waals surface area contributed by atoms with Crippen LogP contribution in [0.2, 0.25) is 0 Å². The van der Waals surface area contributed by atoms with Crippen molar-refractivity contribution in [1.82, 2.24) is 25.4 Å². The van der Waals surface area contributed by atoms with Crippen LogP contribution in [0.5, 0.6) is 0 Å². The van der Waals surface area contributed by atoms with Gasteiger partial charge in [0.1, 0.15) is 9.84 Å². The van der Waals surface area contributed by atoms with Gasteiger partial charge in [0, 0.05) is 30.7 Å². The Labute approximate surface area is 190 Å². The third kappa shape index (κ3) is 8.69. The minimum absolute atomic E-state index is 0. The van der Waals surface area contributed by atoms with E-state index in [1.807, 2.05) is 50.6 Å². The van der Waals surface area contributed by atoms with Gasteiger partial charge in [0.05, 0.1) is 18.0 Å².